The van der Waals surface area contributed by atoms with E-state index in [9.17, 15) is 5.11 Å². The fourth-order valence-electron chi connectivity index (χ4n) is 4.35. The first kappa shape index (κ1) is 19.7. The minimum atomic E-state index is -0.467. The van der Waals surface area contributed by atoms with Crippen LogP contribution in [0, 0.1) is 0 Å². The third-order valence-electron chi connectivity index (χ3n) is 6.06. The number of benzene rings is 2. The number of aromatic nitrogens is 2. The lowest BCUT2D eigenvalue weighted by Gasteiger charge is -2.23. The Balaban J connectivity index is 1.22. The molecule has 2 aromatic carbocycles. The second-order valence-electron chi connectivity index (χ2n) is 8.18. The van der Waals surface area contributed by atoms with Crippen molar-refractivity contribution >= 4 is 16.5 Å². The number of rotatable bonds is 6. The molecule has 2 N–H and O–H groups in total. The molecule has 5 nitrogen and oxygen atoms in total. The Morgan fingerprint density at radius 2 is 1.71 bits per heavy atom. The number of hydrogen-bond acceptors (Lipinski definition) is 5. The van der Waals surface area contributed by atoms with E-state index in [1.165, 1.54) is 16.7 Å². The molecule has 1 aliphatic rings. The van der Waals surface area contributed by atoms with Crippen LogP contribution in [0.5, 0.6) is 0 Å². The van der Waals surface area contributed by atoms with Crippen LogP contribution in [0.25, 0.3) is 10.8 Å². The van der Waals surface area contributed by atoms with E-state index in [1.807, 2.05) is 30.7 Å². The normalized spacial score (nSPS) is 18.5. The van der Waals surface area contributed by atoms with Gasteiger partial charge in [0.25, 0.3) is 0 Å². The largest absolute Gasteiger partial charge is 0.374 e. The summed E-state index contributed by atoms with van der Waals surface area (Å²) in [5.74, 6) is 0.320. The van der Waals surface area contributed by atoms with Crippen molar-refractivity contribution in [3.8, 4) is 0 Å². The molecule has 0 bridgehead atoms. The van der Waals surface area contributed by atoms with Gasteiger partial charge in [0.2, 0.25) is 0 Å². The minimum absolute atomic E-state index is 0.320. The fraction of sp³-hybridized carbons (Fsp3) is 0.231. The van der Waals surface area contributed by atoms with Crippen molar-refractivity contribution in [1.29, 1.82) is 0 Å². The van der Waals surface area contributed by atoms with Crippen molar-refractivity contribution in [2.45, 2.75) is 31.7 Å². The van der Waals surface area contributed by atoms with Crippen molar-refractivity contribution < 1.29 is 5.11 Å². The van der Waals surface area contributed by atoms with E-state index in [4.69, 9.17) is 0 Å². The summed E-state index contributed by atoms with van der Waals surface area (Å²) < 4.78 is 0. The monoisotopic (exact) mass is 410 g/mol. The number of aliphatic hydroxyl groups excluding tert-OH is 1. The molecule has 1 aliphatic heterocycles. The molecule has 31 heavy (non-hydrogen) atoms. The number of nitrogens with zero attached hydrogens (tertiary/aromatic N) is 3. The van der Waals surface area contributed by atoms with Gasteiger partial charge in [0.1, 0.15) is 6.23 Å². The maximum absolute atomic E-state index is 10.7. The summed E-state index contributed by atoms with van der Waals surface area (Å²) in [4.78, 5) is 10.4. The molecule has 0 radical (unpaired) electrons. The highest BCUT2D eigenvalue weighted by Gasteiger charge is 2.31. The van der Waals surface area contributed by atoms with Gasteiger partial charge in [0, 0.05) is 67.8 Å². The van der Waals surface area contributed by atoms with Crippen molar-refractivity contribution in [2.75, 3.05) is 11.4 Å². The number of nitrogens with one attached hydrogen (secondary N) is 1. The lowest BCUT2D eigenvalue weighted by atomic mass is 9.97. The highest BCUT2D eigenvalue weighted by molar-refractivity contribution is 5.85. The van der Waals surface area contributed by atoms with Gasteiger partial charge in [-0.15, -0.1) is 0 Å². The van der Waals surface area contributed by atoms with Gasteiger partial charge in [-0.3, -0.25) is 9.97 Å². The van der Waals surface area contributed by atoms with Crippen LogP contribution in [0.4, 0.5) is 5.69 Å². The molecule has 0 aliphatic carbocycles. The van der Waals surface area contributed by atoms with Crippen LogP contribution in [0.2, 0.25) is 0 Å². The summed E-state index contributed by atoms with van der Waals surface area (Å²) in [7, 11) is 0. The molecule has 0 spiro atoms. The number of pyridine rings is 2. The first-order chi connectivity index (χ1) is 15.3. The smallest absolute Gasteiger partial charge is 0.127 e. The van der Waals surface area contributed by atoms with Gasteiger partial charge in [-0.1, -0.05) is 36.4 Å². The number of aliphatic hydroxyl groups is 1. The van der Waals surface area contributed by atoms with Gasteiger partial charge in [0.15, 0.2) is 0 Å². The van der Waals surface area contributed by atoms with E-state index in [-0.39, 0.29) is 0 Å². The van der Waals surface area contributed by atoms with Crippen LogP contribution in [-0.4, -0.2) is 27.8 Å². The van der Waals surface area contributed by atoms with Gasteiger partial charge in [0.05, 0.1) is 0 Å². The van der Waals surface area contributed by atoms with Crippen molar-refractivity contribution in [1.82, 2.24) is 15.3 Å². The molecule has 4 aromatic rings. The molecule has 2 aromatic heterocycles. The van der Waals surface area contributed by atoms with Gasteiger partial charge in [-0.05, 0) is 46.3 Å². The zero-order valence-electron chi connectivity index (χ0n) is 17.4. The van der Waals surface area contributed by atoms with Crippen molar-refractivity contribution in [2.24, 2.45) is 0 Å². The Labute approximate surface area is 182 Å². The molecular weight excluding hydrogens is 384 g/mol. The fourth-order valence-corrected chi connectivity index (χ4v) is 4.35. The van der Waals surface area contributed by atoms with E-state index in [0.29, 0.717) is 5.92 Å². The summed E-state index contributed by atoms with van der Waals surface area (Å²) in [5, 5.41) is 16.4. The Kier molecular flexibility index (Phi) is 5.61. The highest BCUT2D eigenvalue weighted by Crippen LogP contribution is 2.35. The van der Waals surface area contributed by atoms with Crippen LogP contribution in [0.3, 0.4) is 0 Å². The summed E-state index contributed by atoms with van der Waals surface area (Å²) >= 11 is 0. The Bertz CT molecular complexity index is 1150. The summed E-state index contributed by atoms with van der Waals surface area (Å²) in [6, 6.07) is 21.1. The average molecular weight is 411 g/mol. The highest BCUT2D eigenvalue weighted by atomic mass is 16.3. The second kappa shape index (κ2) is 8.84. The van der Waals surface area contributed by atoms with E-state index < -0.39 is 6.23 Å². The van der Waals surface area contributed by atoms with Crippen LogP contribution >= 0.6 is 0 Å². The number of fused-ring (bicyclic) bond motifs is 1. The van der Waals surface area contributed by atoms with Crippen molar-refractivity contribution in [3.05, 3.63) is 102 Å². The Morgan fingerprint density at radius 3 is 2.55 bits per heavy atom. The van der Waals surface area contributed by atoms with Gasteiger partial charge in [-0.25, -0.2) is 0 Å². The maximum Gasteiger partial charge on any atom is 0.127 e. The Morgan fingerprint density at radius 1 is 0.871 bits per heavy atom. The second-order valence-corrected chi connectivity index (χ2v) is 8.18. The zero-order chi connectivity index (χ0) is 21.0. The number of anilines is 1. The van der Waals surface area contributed by atoms with Crippen molar-refractivity contribution in [3.63, 3.8) is 0 Å². The molecule has 2 unspecified atom stereocenters. The average Bonchev–Trinajstić information content (AvgIpc) is 3.21. The van der Waals surface area contributed by atoms with Gasteiger partial charge in [-0.2, -0.15) is 0 Å². The number of hydrogen-bond donors (Lipinski definition) is 2. The first-order valence-electron chi connectivity index (χ1n) is 10.7. The lowest BCUT2D eigenvalue weighted by molar-refractivity contribution is 0.183. The van der Waals surface area contributed by atoms with E-state index in [0.717, 1.165) is 42.5 Å². The zero-order valence-corrected chi connectivity index (χ0v) is 17.4. The molecule has 2 atom stereocenters. The summed E-state index contributed by atoms with van der Waals surface area (Å²) in [5.41, 5.74) is 4.78. The first-order valence-corrected chi connectivity index (χ1v) is 10.7. The van der Waals surface area contributed by atoms with E-state index in [1.54, 1.807) is 6.20 Å². The lowest BCUT2D eigenvalue weighted by Crippen LogP contribution is -2.28. The molecule has 0 saturated carbocycles. The maximum atomic E-state index is 10.7. The summed E-state index contributed by atoms with van der Waals surface area (Å²) in [6.07, 6.45) is 7.64. The predicted molar refractivity (Wildman–Crippen MR) is 124 cm³/mol. The summed E-state index contributed by atoms with van der Waals surface area (Å²) in [6.45, 7) is 2.44. The molecule has 156 valence electrons. The molecule has 1 fully saturated rings. The van der Waals surface area contributed by atoms with Crippen LogP contribution in [-0.2, 0) is 13.1 Å². The molecule has 0 amide bonds. The molecular formula is C26H26N4O. The van der Waals surface area contributed by atoms with Crippen LogP contribution < -0.4 is 10.2 Å². The van der Waals surface area contributed by atoms with Gasteiger partial charge < -0.3 is 15.3 Å². The van der Waals surface area contributed by atoms with Crippen LogP contribution in [0.1, 0.15) is 29.0 Å². The quantitative estimate of drug-likeness (QED) is 0.498. The van der Waals surface area contributed by atoms with E-state index in [2.05, 4.69) is 68.7 Å². The van der Waals surface area contributed by atoms with E-state index >= 15 is 0 Å². The minimum Gasteiger partial charge on any atom is -0.374 e. The third kappa shape index (κ3) is 4.43. The molecule has 1 saturated heterocycles. The topological polar surface area (TPSA) is 61.3 Å². The Hall–Kier alpha value is -3.28. The van der Waals surface area contributed by atoms with Crippen LogP contribution in [0.15, 0.2) is 85.5 Å². The molecule has 3 heterocycles. The SMILES string of the molecule is OC1CC(c2ccc(CNCc3cccnc3)cc2)CN1c1ccc2cnccc2c1. The molecule has 5 rings (SSSR count). The molecule has 5 heteroatoms. The predicted octanol–water partition coefficient (Wildman–Crippen LogP) is 4.23. The third-order valence-corrected chi connectivity index (χ3v) is 6.06. The van der Waals surface area contributed by atoms with Gasteiger partial charge >= 0.3 is 0 Å². The standard InChI is InChI=1S/C26H26N4O/c31-26-13-24(18-30(26)25-8-7-23-17-28-11-9-22(23)12-25)21-5-3-19(4-6-21)14-29-16-20-2-1-10-27-15-20/h1-12,15,17,24,26,29,31H,13-14,16,18H2.